The van der Waals surface area contributed by atoms with Crippen molar-refractivity contribution in [3.05, 3.63) is 34.3 Å². The molecular formula is C15H16BrN3O2. The van der Waals surface area contributed by atoms with E-state index >= 15 is 0 Å². The Labute approximate surface area is 132 Å². The Bertz CT molecular complexity index is 575. The van der Waals surface area contributed by atoms with Gasteiger partial charge in [0.15, 0.2) is 0 Å². The van der Waals surface area contributed by atoms with Crippen molar-refractivity contribution in [3.8, 4) is 6.07 Å². The minimum Gasteiger partial charge on any atom is -0.349 e. The van der Waals surface area contributed by atoms with Crippen LogP contribution in [0.25, 0.3) is 0 Å². The minimum atomic E-state index is -0.130. The molecular weight excluding hydrogens is 334 g/mol. The average Bonchev–Trinajstić information content (AvgIpc) is 2.48. The molecule has 2 amide bonds. The number of piperidine rings is 1. The van der Waals surface area contributed by atoms with Gasteiger partial charge < -0.3 is 10.2 Å². The lowest BCUT2D eigenvalue weighted by Crippen LogP contribution is -2.46. The van der Waals surface area contributed by atoms with Gasteiger partial charge in [0.2, 0.25) is 5.91 Å². The molecule has 0 spiro atoms. The van der Waals surface area contributed by atoms with Crippen LogP contribution in [0.3, 0.4) is 0 Å². The van der Waals surface area contributed by atoms with Crippen molar-refractivity contribution in [2.24, 2.45) is 0 Å². The number of benzene rings is 1. The molecule has 0 saturated carbocycles. The lowest BCUT2D eigenvalue weighted by atomic mass is 10.0. The van der Waals surface area contributed by atoms with Crippen LogP contribution in [0.5, 0.6) is 0 Å². The molecule has 0 radical (unpaired) electrons. The third kappa shape index (κ3) is 4.30. The summed E-state index contributed by atoms with van der Waals surface area (Å²) in [5.41, 5.74) is 0.618. The molecule has 0 aromatic heterocycles. The highest BCUT2D eigenvalue weighted by molar-refractivity contribution is 9.10. The number of rotatable bonds is 3. The van der Waals surface area contributed by atoms with Crippen LogP contribution in [0.15, 0.2) is 28.7 Å². The standard InChI is InChI=1S/C15H16BrN3O2/c16-12-3-1-2-11(10-12)15(21)18-13-5-8-19(9-6-13)14(20)4-7-17/h1-3,10,13H,4-6,8-9H2,(H,18,21). The van der Waals surface area contributed by atoms with Crippen molar-refractivity contribution in [1.82, 2.24) is 10.2 Å². The molecule has 0 atom stereocenters. The zero-order chi connectivity index (χ0) is 15.2. The molecule has 1 aliphatic heterocycles. The van der Waals surface area contributed by atoms with Crippen molar-refractivity contribution in [1.29, 1.82) is 5.26 Å². The van der Waals surface area contributed by atoms with Gasteiger partial charge in [0.25, 0.3) is 5.91 Å². The number of likely N-dealkylation sites (tertiary alicyclic amines) is 1. The second kappa shape index (κ2) is 7.23. The smallest absolute Gasteiger partial charge is 0.251 e. The van der Waals surface area contributed by atoms with Gasteiger partial charge in [-0.3, -0.25) is 9.59 Å². The average molecular weight is 350 g/mol. The second-order valence-corrected chi connectivity index (χ2v) is 5.89. The molecule has 110 valence electrons. The fourth-order valence-corrected chi connectivity index (χ4v) is 2.75. The van der Waals surface area contributed by atoms with Gasteiger partial charge in [0.1, 0.15) is 6.42 Å². The number of carbonyl (C=O) groups excluding carboxylic acids is 2. The highest BCUT2D eigenvalue weighted by Gasteiger charge is 2.23. The molecule has 1 fully saturated rings. The van der Waals surface area contributed by atoms with Gasteiger partial charge in [0, 0.05) is 29.2 Å². The number of nitriles is 1. The number of hydrogen-bond donors (Lipinski definition) is 1. The second-order valence-electron chi connectivity index (χ2n) is 4.97. The predicted octanol–water partition coefficient (Wildman–Crippen LogP) is 2.08. The zero-order valence-corrected chi connectivity index (χ0v) is 13.1. The van der Waals surface area contributed by atoms with E-state index in [1.54, 1.807) is 17.0 Å². The minimum absolute atomic E-state index is 0.0719. The van der Waals surface area contributed by atoms with Crippen LogP contribution in [0, 0.1) is 11.3 Å². The Hall–Kier alpha value is -1.87. The van der Waals surface area contributed by atoms with Gasteiger partial charge in [-0.2, -0.15) is 5.26 Å². The Kier molecular flexibility index (Phi) is 5.34. The summed E-state index contributed by atoms with van der Waals surface area (Å²) in [6, 6.07) is 9.18. The normalized spacial score (nSPS) is 15.3. The molecule has 1 N–H and O–H groups in total. The van der Waals surface area contributed by atoms with E-state index in [-0.39, 0.29) is 24.3 Å². The van der Waals surface area contributed by atoms with Crippen LogP contribution in [0.1, 0.15) is 29.6 Å². The summed E-state index contributed by atoms with van der Waals surface area (Å²) in [6.45, 7) is 1.17. The van der Waals surface area contributed by atoms with E-state index in [9.17, 15) is 9.59 Å². The van der Waals surface area contributed by atoms with Gasteiger partial charge in [-0.05, 0) is 31.0 Å². The third-order valence-electron chi connectivity index (χ3n) is 3.50. The van der Waals surface area contributed by atoms with Crippen LogP contribution in [0.2, 0.25) is 0 Å². The van der Waals surface area contributed by atoms with Crippen molar-refractivity contribution >= 4 is 27.7 Å². The molecule has 5 nitrogen and oxygen atoms in total. The SMILES string of the molecule is N#CCC(=O)N1CCC(NC(=O)c2cccc(Br)c2)CC1. The summed E-state index contributed by atoms with van der Waals surface area (Å²) in [6.07, 6.45) is 1.36. The van der Waals surface area contributed by atoms with Gasteiger partial charge in [-0.25, -0.2) is 0 Å². The predicted molar refractivity (Wildman–Crippen MR) is 81.4 cm³/mol. The maximum absolute atomic E-state index is 12.1. The highest BCUT2D eigenvalue weighted by Crippen LogP contribution is 2.14. The first-order chi connectivity index (χ1) is 10.1. The first-order valence-electron chi connectivity index (χ1n) is 6.81. The first-order valence-corrected chi connectivity index (χ1v) is 7.60. The van der Waals surface area contributed by atoms with Crippen LogP contribution in [-0.4, -0.2) is 35.8 Å². The summed E-state index contributed by atoms with van der Waals surface area (Å²) in [5, 5.41) is 11.5. The number of amides is 2. The first kappa shape index (κ1) is 15.5. The lowest BCUT2D eigenvalue weighted by molar-refractivity contribution is -0.131. The van der Waals surface area contributed by atoms with Crippen LogP contribution < -0.4 is 5.32 Å². The van der Waals surface area contributed by atoms with Crippen molar-refractivity contribution in [2.75, 3.05) is 13.1 Å². The number of carbonyl (C=O) groups is 2. The number of nitrogens with one attached hydrogen (secondary N) is 1. The fraction of sp³-hybridized carbons (Fsp3) is 0.400. The molecule has 0 aliphatic carbocycles. The van der Waals surface area contributed by atoms with E-state index in [0.29, 0.717) is 18.7 Å². The number of halogens is 1. The zero-order valence-electron chi connectivity index (χ0n) is 11.5. The van der Waals surface area contributed by atoms with E-state index in [4.69, 9.17) is 5.26 Å². The summed E-state index contributed by atoms with van der Waals surface area (Å²) < 4.78 is 0.868. The van der Waals surface area contributed by atoms with Gasteiger partial charge in [-0.1, -0.05) is 22.0 Å². The molecule has 6 heteroatoms. The number of nitrogens with zero attached hydrogens (tertiary/aromatic N) is 2. The van der Waals surface area contributed by atoms with E-state index in [1.165, 1.54) is 0 Å². The Morgan fingerprint density at radius 3 is 2.71 bits per heavy atom. The number of hydrogen-bond acceptors (Lipinski definition) is 3. The summed E-state index contributed by atoms with van der Waals surface area (Å²) >= 11 is 3.34. The van der Waals surface area contributed by atoms with Crippen LogP contribution in [0.4, 0.5) is 0 Å². The molecule has 1 heterocycles. The van der Waals surface area contributed by atoms with E-state index in [0.717, 1.165) is 17.3 Å². The van der Waals surface area contributed by atoms with Gasteiger partial charge >= 0.3 is 0 Å². The van der Waals surface area contributed by atoms with E-state index < -0.39 is 0 Å². The summed E-state index contributed by atoms with van der Waals surface area (Å²) in [7, 11) is 0. The monoisotopic (exact) mass is 349 g/mol. The van der Waals surface area contributed by atoms with Crippen molar-refractivity contribution in [3.63, 3.8) is 0 Å². The molecule has 1 aliphatic rings. The summed E-state index contributed by atoms with van der Waals surface area (Å²) in [5.74, 6) is -0.229. The van der Waals surface area contributed by atoms with E-state index in [2.05, 4.69) is 21.2 Å². The molecule has 0 bridgehead atoms. The van der Waals surface area contributed by atoms with Crippen LogP contribution >= 0.6 is 15.9 Å². The highest BCUT2D eigenvalue weighted by atomic mass is 79.9. The van der Waals surface area contributed by atoms with Gasteiger partial charge in [0.05, 0.1) is 6.07 Å². The largest absolute Gasteiger partial charge is 0.349 e. The van der Waals surface area contributed by atoms with Crippen molar-refractivity contribution in [2.45, 2.75) is 25.3 Å². The maximum atomic E-state index is 12.1. The molecule has 2 rings (SSSR count). The lowest BCUT2D eigenvalue weighted by Gasteiger charge is -2.32. The Morgan fingerprint density at radius 2 is 2.10 bits per heavy atom. The Balaban J connectivity index is 1.85. The third-order valence-corrected chi connectivity index (χ3v) is 3.99. The molecule has 0 unspecified atom stereocenters. The van der Waals surface area contributed by atoms with Crippen molar-refractivity contribution < 1.29 is 9.59 Å². The summed E-state index contributed by atoms with van der Waals surface area (Å²) in [4.78, 5) is 25.4. The quantitative estimate of drug-likeness (QED) is 0.907. The maximum Gasteiger partial charge on any atom is 0.251 e. The molecule has 1 saturated heterocycles. The fourth-order valence-electron chi connectivity index (χ4n) is 2.35. The van der Waals surface area contributed by atoms with E-state index in [1.807, 2.05) is 18.2 Å². The molecule has 1 aromatic carbocycles. The van der Waals surface area contributed by atoms with Gasteiger partial charge in [-0.15, -0.1) is 0 Å². The molecule has 21 heavy (non-hydrogen) atoms. The Morgan fingerprint density at radius 1 is 1.38 bits per heavy atom. The van der Waals surface area contributed by atoms with Crippen LogP contribution in [-0.2, 0) is 4.79 Å². The molecule has 1 aromatic rings. The topological polar surface area (TPSA) is 73.2 Å².